The molecule has 3 rings (SSSR count). The molecule has 0 aliphatic carbocycles. The summed E-state index contributed by atoms with van der Waals surface area (Å²) in [5, 5.41) is 0.262. The highest BCUT2D eigenvalue weighted by molar-refractivity contribution is 5.92. The minimum atomic E-state index is -0.654. The fourth-order valence-corrected chi connectivity index (χ4v) is 1.82. The van der Waals surface area contributed by atoms with E-state index >= 15 is 0 Å². The van der Waals surface area contributed by atoms with E-state index in [1.165, 1.54) is 0 Å². The number of aromatic amines is 2. The largest absolute Gasteiger partial charge is 0.461 e. The number of rotatable bonds is 0. The maximum absolute atomic E-state index is 11.5. The van der Waals surface area contributed by atoms with E-state index in [1.807, 2.05) is 0 Å². The summed E-state index contributed by atoms with van der Waals surface area (Å²) in [4.78, 5) is 42.5. The molecule has 17 heavy (non-hydrogen) atoms. The molecule has 86 valence electrons. The summed E-state index contributed by atoms with van der Waals surface area (Å²) in [7, 11) is 0. The van der Waals surface area contributed by atoms with Crippen molar-refractivity contribution in [2.24, 2.45) is 0 Å². The minimum Gasteiger partial charge on any atom is -0.461 e. The zero-order valence-electron chi connectivity index (χ0n) is 8.57. The van der Waals surface area contributed by atoms with Crippen LogP contribution in [0.2, 0.25) is 0 Å². The van der Waals surface area contributed by atoms with Gasteiger partial charge in [0, 0.05) is 6.42 Å². The van der Waals surface area contributed by atoms with E-state index < -0.39 is 17.2 Å². The van der Waals surface area contributed by atoms with E-state index in [-0.39, 0.29) is 23.3 Å². The van der Waals surface area contributed by atoms with Crippen LogP contribution in [0.1, 0.15) is 16.1 Å². The van der Waals surface area contributed by atoms with Crippen LogP contribution < -0.4 is 11.2 Å². The van der Waals surface area contributed by atoms with Crippen LogP contribution in [-0.2, 0) is 11.2 Å². The fraction of sp³-hybridized carbons (Fsp3) is 0.200. The lowest BCUT2D eigenvalue weighted by molar-refractivity contribution is 0.0472. The zero-order chi connectivity index (χ0) is 12.0. The van der Waals surface area contributed by atoms with Crippen molar-refractivity contribution in [3.8, 4) is 0 Å². The molecule has 0 bridgehead atoms. The van der Waals surface area contributed by atoms with E-state index in [2.05, 4.69) is 15.0 Å². The van der Waals surface area contributed by atoms with Crippen molar-refractivity contribution in [1.82, 2.24) is 15.0 Å². The Morgan fingerprint density at radius 3 is 2.88 bits per heavy atom. The lowest BCUT2D eigenvalue weighted by Crippen LogP contribution is -2.25. The summed E-state index contributed by atoms with van der Waals surface area (Å²) < 4.78 is 4.83. The average Bonchev–Trinajstić information content (AvgIpc) is 2.28. The zero-order valence-corrected chi connectivity index (χ0v) is 8.57. The van der Waals surface area contributed by atoms with Crippen molar-refractivity contribution in [3.63, 3.8) is 0 Å². The molecule has 0 unspecified atom stereocenters. The van der Waals surface area contributed by atoms with E-state index in [0.717, 1.165) is 0 Å². The third kappa shape index (κ3) is 1.43. The summed E-state index contributed by atoms with van der Waals surface area (Å²) in [5.41, 5.74) is -0.259. The smallest absolute Gasteiger partial charge is 0.357 e. The monoisotopic (exact) mass is 233 g/mol. The van der Waals surface area contributed by atoms with Crippen LogP contribution in [0, 0.1) is 0 Å². The van der Waals surface area contributed by atoms with Gasteiger partial charge in [0.25, 0.3) is 5.56 Å². The second-order valence-electron chi connectivity index (χ2n) is 3.69. The molecular formula is C10H7N3O4. The second-order valence-corrected chi connectivity index (χ2v) is 3.69. The lowest BCUT2D eigenvalue weighted by Gasteiger charge is -2.14. The topological polar surface area (TPSA) is 105 Å². The van der Waals surface area contributed by atoms with Gasteiger partial charge in [-0.05, 0) is 11.6 Å². The van der Waals surface area contributed by atoms with Gasteiger partial charge in [-0.15, -0.1) is 0 Å². The van der Waals surface area contributed by atoms with E-state index in [0.29, 0.717) is 12.0 Å². The molecule has 1 aliphatic heterocycles. The van der Waals surface area contributed by atoms with Gasteiger partial charge in [-0.25, -0.2) is 14.6 Å². The highest BCUT2D eigenvalue weighted by Crippen LogP contribution is 2.17. The van der Waals surface area contributed by atoms with E-state index in [1.54, 1.807) is 6.07 Å². The Bertz CT molecular complexity index is 743. The van der Waals surface area contributed by atoms with Gasteiger partial charge in [0.1, 0.15) is 5.65 Å². The van der Waals surface area contributed by atoms with Gasteiger partial charge in [0.2, 0.25) is 0 Å². The number of carbonyl (C=O) groups is 1. The first-order valence-corrected chi connectivity index (χ1v) is 4.98. The third-order valence-corrected chi connectivity index (χ3v) is 2.60. The van der Waals surface area contributed by atoms with Gasteiger partial charge >= 0.3 is 11.7 Å². The molecule has 0 atom stereocenters. The van der Waals surface area contributed by atoms with Crippen molar-refractivity contribution >= 4 is 17.0 Å². The molecular weight excluding hydrogens is 226 g/mol. The van der Waals surface area contributed by atoms with Gasteiger partial charge in [0.15, 0.2) is 5.69 Å². The number of ether oxygens (including phenoxy) is 1. The predicted octanol–water partition coefficient (Wildman–Crippen LogP) is -0.676. The number of nitrogens with zero attached hydrogens (tertiary/aromatic N) is 1. The Morgan fingerprint density at radius 2 is 2.06 bits per heavy atom. The Kier molecular flexibility index (Phi) is 1.88. The van der Waals surface area contributed by atoms with Crippen LogP contribution in [0.15, 0.2) is 15.7 Å². The van der Waals surface area contributed by atoms with Crippen LogP contribution in [-0.4, -0.2) is 27.5 Å². The Morgan fingerprint density at radius 1 is 1.24 bits per heavy atom. The SMILES string of the molecule is O=C1OCCc2cc3c(=O)[nH]c(=O)[nH]c3nc21. The van der Waals surface area contributed by atoms with Gasteiger partial charge in [-0.2, -0.15) is 0 Å². The molecule has 7 nitrogen and oxygen atoms in total. The summed E-state index contributed by atoms with van der Waals surface area (Å²) in [6.07, 6.45) is 0.516. The molecule has 0 radical (unpaired) electrons. The van der Waals surface area contributed by atoms with Gasteiger partial charge in [-0.1, -0.05) is 0 Å². The van der Waals surface area contributed by atoms with Crippen molar-refractivity contribution in [3.05, 3.63) is 38.2 Å². The van der Waals surface area contributed by atoms with Gasteiger partial charge in [-0.3, -0.25) is 14.8 Å². The quantitative estimate of drug-likeness (QED) is 0.587. The van der Waals surface area contributed by atoms with Crippen LogP contribution in [0.4, 0.5) is 0 Å². The maximum Gasteiger partial charge on any atom is 0.357 e. The van der Waals surface area contributed by atoms with Crippen LogP contribution in [0.25, 0.3) is 11.0 Å². The normalized spacial score (nSPS) is 14.5. The minimum absolute atomic E-state index is 0.0938. The molecule has 0 amide bonds. The number of cyclic esters (lactones) is 1. The molecule has 0 fully saturated rings. The number of nitrogens with one attached hydrogen (secondary N) is 2. The van der Waals surface area contributed by atoms with E-state index in [4.69, 9.17) is 4.74 Å². The number of esters is 1. The summed E-state index contributed by atoms with van der Waals surface area (Å²) in [6, 6.07) is 1.56. The van der Waals surface area contributed by atoms with Crippen molar-refractivity contribution in [1.29, 1.82) is 0 Å². The fourth-order valence-electron chi connectivity index (χ4n) is 1.82. The number of hydrogen-bond donors (Lipinski definition) is 2. The molecule has 0 saturated heterocycles. The molecule has 2 aromatic heterocycles. The standard InChI is InChI=1S/C10H7N3O4/c14-8-5-3-4-1-2-17-9(15)6(4)11-7(5)12-10(16)13-8/h3H,1-2H2,(H2,11,12,13,14,16). The molecule has 0 saturated carbocycles. The number of H-pyrrole nitrogens is 2. The first-order chi connectivity index (χ1) is 8.15. The predicted molar refractivity (Wildman–Crippen MR) is 57.0 cm³/mol. The number of carbonyl (C=O) groups excluding carboxylic acids is 1. The van der Waals surface area contributed by atoms with Crippen LogP contribution in [0.5, 0.6) is 0 Å². The summed E-state index contributed by atoms with van der Waals surface area (Å²) in [5.74, 6) is -0.533. The van der Waals surface area contributed by atoms with Crippen LogP contribution >= 0.6 is 0 Å². The Balaban J connectivity index is 2.43. The molecule has 0 spiro atoms. The van der Waals surface area contributed by atoms with Gasteiger partial charge < -0.3 is 4.74 Å². The molecule has 3 heterocycles. The van der Waals surface area contributed by atoms with Crippen molar-refractivity contribution in [2.45, 2.75) is 6.42 Å². The lowest BCUT2D eigenvalue weighted by atomic mass is 10.1. The first-order valence-electron chi connectivity index (χ1n) is 4.98. The maximum atomic E-state index is 11.5. The highest BCUT2D eigenvalue weighted by atomic mass is 16.5. The number of hydrogen-bond acceptors (Lipinski definition) is 5. The molecule has 0 aromatic carbocycles. The summed E-state index contributed by atoms with van der Waals surface area (Å²) >= 11 is 0. The number of pyridine rings is 1. The van der Waals surface area contributed by atoms with Crippen molar-refractivity contribution in [2.75, 3.05) is 6.61 Å². The Labute approximate surface area is 93.5 Å². The summed E-state index contributed by atoms with van der Waals surface area (Å²) in [6.45, 7) is 0.278. The third-order valence-electron chi connectivity index (χ3n) is 2.60. The molecule has 2 N–H and O–H groups in total. The first kappa shape index (κ1) is 9.76. The number of aromatic nitrogens is 3. The van der Waals surface area contributed by atoms with Crippen molar-refractivity contribution < 1.29 is 9.53 Å². The molecule has 2 aromatic rings. The molecule has 1 aliphatic rings. The number of fused-ring (bicyclic) bond motifs is 2. The highest BCUT2D eigenvalue weighted by Gasteiger charge is 2.21. The average molecular weight is 233 g/mol. The second kappa shape index (κ2) is 3.27. The van der Waals surface area contributed by atoms with Gasteiger partial charge in [0.05, 0.1) is 12.0 Å². The molecule has 7 heteroatoms. The van der Waals surface area contributed by atoms with E-state index in [9.17, 15) is 14.4 Å². The Hall–Kier alpha value is -2.44. The van der Waals surface area contributed by atoms with Crippen LogP contribution in [0.3, 0.4) is 0 Å².